The molecule has 2 aromatic rings. The SMILES string of the molecule is Nc1c(NC=O)nnc2ccc(Cl)cc12. The number of nitrogens with two attached hydrogens (primary N) is 1. The Morgan fingerprint density at radius 1 is 1.40 bits per heavy atom. The lowest BCUT2D eigenvalue weighted by Gasteiger charge is -2.05. The standard InChI is InChI=1S/C9H7ClN4O/c10-5-1-2-7-6(3-5)8(11)9(12-4-15)14-13-7/h1-4H,(H2,11,13)(H,12,14,15). The van der Waals surface area contributed by atoms with Gasteiger partial charge in [0.05, 0.1) is 11.2 Å². The summed E-state index contributed by atoms with van der Waals surface area (Å²) < 4.78 is 0. The summed E-state index contributed by atoms with van der Waals surface area (Å²) in [5.41, 5.74) is 6.78. The summed E-state index contributed by atoms with van der Waals surface area (Å²) in [5.74, 6) is 0.236. The van der Waals surface area contributed by atoms with Gasteiger partial charge in [0.1, 0.15) is 0 Å². The van der Waals surface area contributed by atoms with Crippen LogP contribution in [0.25, 0.3) is 10.9 Å². The Balaban J connectivity index is 2.70. The van der Waals surface area contributed by atoms with Crippen molar-refractivity contribution in [3.05, 3.63) is 23.2 Å². The fourth-order valence-electron chi connectivity index (χ4n) is 1.26. The number of nitrogens with zero attached hydrogens (tertiary/aromatic N) is 2. The predicted octanol–water partition coefficient (Wildman–Crippen LogP) is 1.43. The number of nitrogen functional groups attached to an aromatic ring is 1. The van der Waals surface area contributed by atoms with E-state index in [0.717, 1.165) is 0 Å². The molecule has 0 spiro atoms. The fraction of sp³-hybridized carbons (Fsp3) is 0. The Labute approximate surface area is 90.2 Å². The minimum Gasteiger partial charge on any atom is -0.395 e. The average Bonchev–Trinajstić information content (AvgIpc) is 2.23. The third-order valence-corrected chi connectivity index (χ3v) is 2.19. The quantitative estimate of drug-likeness (QED) is 0.754. The number of carbonyl (C=O) groups is 1. The molecule has 0 fully saturated rings. The van der Waals surface area contributed by atoms with Crippen molar-refractivity contribution in [1.82, 2.24) is 10.2 Å². The highest BCUT2D eigenvalue weighted by Crippen LogP contribution is 2.26. The fourth-order valence-corrected chi connectivity index (χ4v) is 1.43. The largest absolute Gasteiger partial charge is 0.395 e. The van der Waals surface area contributed by atoms with Gasteiger partial charge in [-0.15, -0.1) is 10.2 Å². The molecule has 1 aromatic heterocycles. The van der Waals surface area contributed by atoms with Crippen molar-refractivity contribution in [2.24, 2.45) is 0 Å². The molecule has 0 radical (unpaired) electrons. The monoisotopic (exact) mass is 222 g/mol. The van der Waals surface area contributed by atoms with E-state index in [1.54, 1.807) is 18.2 Å². The number of carbonyl (C=O) groups excluding carboxylic acids is 1. The van der Waals surface area contributed by atoms with Gasteiger partial charge < -0.3 is 11.1 Å². The van der Waals surface area contributed by atoms with E-state index >= 15 is 0 Å². The van der Waals surface area contributed by atoms with Crippen LogP contribution < -0.4 is 11.1 Å². The maximum Gasteiger partial charge on any atom is 0.212 e. The summed E-state index contributed by atoms with van der Waals surface area (Å²) in [6.07, 6.45) is 0.497. The molecule has 0 aliphatic heterocycles. The average molecular weight is 223 g/mol. The normalized spacial score (nSPS) is 10.2. The predicted molar refractivity (Wildman–Crippen MR) is 58.6 cm³/mol. The minimum absolute atomic E-state index is 0.236. The van der Waals surface area contributed by atoms with Crippen LogP contribution in [-0.4, -0.2) is 16.6 Å². The molecule has 3 N–H and O–H groups in total. The van der Waals surface area contributed by atoms with Gasteiger partial charge in [-0.05, 0) is 18.2 Å². The smallest absolute Gasteiger partial charge is 0.212 e. The lowest BCUT2D eigenvalue weighted by Crippen LogP contribution is -2.04. The van der Waals surface area contributed by atoms with E-state index < -0.39 is 0 Å². The molecule has 0 bridgehead atoms. The highest BCUT2D eigenvalue weighted by atomic mass is 35.5. The molecule has 1 heterocycles. The van der Waals surface area contributed by atoms with Gasteiger partial charge in [0.15, 0.2) is 5.82 Å². The van der Waals surface area contributed by atoms with Gasteiger partial charge in [-0.1, -0.05) is 11.6 Å². The van der Waals surface area contributed by atoms with Crippen molar-refractivity contribution in [3.8, 4) is 0 Å². The number of aromatic nitrogens is 2. The van der Waals surface area contributed by atoms with Crippen LogP contribution in [0.2, 0.25) is 5.02 Å². The highest BCUT2D eigenvalue weighted by Gasteiger charge is 2.06. The topological polar surface area (TPSA) is 80.9 Å². The number of anilines is 2. The number of fused-ring (bicyclic) bond motifs is 1. The van der Waals surface area contributed by atoms with Gasteiger partial charge in [-0.3, -0.25) is 4.79 Å². The molecular weight excluding hydrogens is 216 g/mol. The maximum atomic E-state index is 10.3. The first-order valence-corrected chi connectivity index (χ1v) is 4.52. The molecule has 2 rings (SSSR count). The van der Waals surface area contributed by atoms with Crippen LogP contribution in [0.15, 0.2) is 18.2 Å². The molecule has 1 amide bonds. The Bertz CT molecular complexity index is 529. The van der Waals surface area contributed by atoms with Gasteiger partial charge in [0.25, 0.3) is 0 Å². The van der Waals surface area contributed by atoms with Crippen LogP contribution in [0, 0.1) is 0 Å². The molecular formula is C9H7ClN4O. The summed E-state index contributed by atoms with van der Waals surface area (Å²) in [5, 5.41) is 11.2. The first-order chi connectivity index (χ1) is 7.22. The zero-order valence-corrected chi connectivity index (χ0v) is 8.32. The van der Waals surface area contributed by atoms with E-state index in [4.69, 9.17) is 17.3 Å². The van der Waals surface area contributed by atoms with Crippen molar-refractivity contribution in [1.29, 1.82) is 0 Å². The first-order valence-electron chi connectivity index (χ1n) is 4.14. The van der Waals surface area contributed by atoms with Crippen LogP contribution in [0.1, 0.15) is 0 Å². The molecule has 0 saturated carbocycles. The zero-order chi connectivity index (χ0) is 10.8. The van der Waals surface area contributed by atoms with Crippen molar-refractivity contribution in [2.45, 2.75) is 0 Å². The number of hydrogen-bond acceptors (Lipinski definition) is 4. The third-order valence-electron chi connectivity index (χ3n) is 1.96. The first kappa shape index (κ1) is 9.67. The lowest BCUT2D eigenvalue weighted by atomic mass is 10.2. The molecule has 0 aliphatic carbocycles. The Hall–Kier alpha value is -1.88. The summed E-state index contributed by atoms with van der Waals surface area (Å²) in [7, 11) is 0. The maximum absolute atomic E-state index is 10.3. The molecule has 0 aliphatic rings. The van der Waals surface area contributed by atoms with Gasteiger partial charge in [-0.25, -0.2) is 0 Å². The van der Waals surface area contributed by atoms with E-state index in [0.29, 0.717) is 28.0 Å². The van der Waals surface area contributed by atoms with Crippen LogP contribution in [0.3, 0.4) is 0 Å². The number of benzene rings is 1. The van der Waals surface area contributed by atoms with Crippen LogP contribution in [-0.2, 0) is 4.79 Å². The number of nitrogens with one attached hydrogen (secondary N) is 1. The minimum atomic E-state index is 0.236. The summed E-state index contributed by atoms with van der Waals surface area (Å²) in [6, 6.07) is 5.09. The van der Waals surface area contributed by atoms with Gasteiger partial charge in [0, 0.05) is 10.4 Å². The molecule has 0 atom stereocenters. The van der Waals surface area contributed by atoms with Crippen molar-refractivity contribution in [2.75, 3.05) is 11.1 Å². The lowest BCUT2D eigenvalue weighted by molar-refractivity contribution is -0.105. The Morgan fingerprint density at radius 2 is 2.20 bits per heavy atom. The molecule has 76 valence electrons. The number of amides is 1. The van der Waals surface area contributed by atoms with E-state index in [2.05, 4.69) is 15.5 Å². The molecule has 0 saturated heterocycles. The van der Waals surface area contributed by atoms with Crippen molar-refractivity contribution in [3.63, 3.8) is 0 Å². The van der Waals surface area contributed by atoms with E-state index in [-0.39, 0.29) is 5.82 Å². The molecule has 0 unspecified atom stereocenters. The van der Waals surface area contributed by atoms with Crippen molar-refractivity contribution < 1.29 is 4.79 Å². The van der Waals surface area contributed by atoms with Crippen molar-refractivity contribution >= 4 is 40.4 Å². The van der Waals surface area contributed by atoms with Crippen LogP contribution in [0.4, 0.5) is 11.5 Å². The second-order valence-electron chi connectivity index (χ2n) is 2.89. The Kier molecular flexibility index (Phi) is 2.39. The van der Waals surface area contributed by atoms with E-state index in [1.807, 2.05) is 0 Å². The van der Waals surface area contributed by atoms with E-state index in [1.165, 1.54) is 0 Å². The number of hydrogen-bond donors (Lipinski definition) is 2. The molecule has 6 heteroatoms. The molecule has 15 heavy (non-hydrogen) atoms. The molecule has 1 aromatic carbocycles. The van der Waals surface area contributed by atoms with Gasteiger partial charge in [0.2, 0.25) is 6.41 Å². The van der Waals surface area contributed by atoms with Crippen LogP contribution in [0.5, 0.6) is 0 Å². The highest BCUT2D eigenvalue weighted by molar-refractivity contribution is 6.31. The van der Waals surface area contributed by atoms with E-state index in [9.17, 15) is 4.79 Å². The van der Waals surface area contributed by atoms with Crippen LogP contribution >= 0.6 is 11.6 Å². The Morgan fingerprint density at radius 3 is 2.93 bits per heavy atom. The summed E-state index contributed by atoms with van der Waals surface area (Å²) in [4.78, 5) is 10.3. The summed E-state index contributed by atoms with van der Waals surface area (Å²) in [6.45, 7) is 0. The summed E-state index contributed by atoms with van der Waals surface area (Å²) >= 11 is 5.83. The second kappa shape index (κ2) is 3.70. The second-order valence-corrected chi connectivity index (χ2v) is 3.32. The third kappa shape index (κ3) is 1.69. The van der Waals surface area contributed by atoms with Gasteiger partial charge >= 0.3 is 0 Å². The zero-order valence-electron chi connectivity index (χ0n) is 7.57. The molecule has 5 nitrogen and oxygen atoms in total. The number of rotatable bonds is 2. The number of halogens is 1. The van der Waals surface area contributed by atoms with Gasteiger partial charge in [-0.2, -0.15) is 0 Å².